The maximum Gasteiger partial charge on any atom is 0.161 e. The van der Waals surface area contributed by atoms with Crippen molar-refractivity contribution in [3.8, 4) is 11.5 Å². The second-order valence-electron chi connectivity index (χ2n) is 5.53. The summed E-state index contributed by atoms with van der Waals surface area (Å²) in [6, 6.07) is 23.0. The van der Waals surface area contributed by atoms with Crippen LogP contribution in [-0.2, 0) is 6.61 Å². The molecular weight excluding hydrogens is 348 g/mol. The Hall–Kier alpha value is -2.98. The number of rotatable bonds is 7. The molecule has 0 aliphatic carbocycles. The van der Waals surface area contributed by atoms with Crippen LogP contribution in [0.2, 0.25) is 5.02 Å². The molecule has 0 saturated carbocycles. The second-order valence-corrected chi connectivity index (χ2v) is 5.93. The maximum absolute atomic E-state index is 6.16. The zero-order valence-corrected chi connectivity index (χ0v) is 15.1. The fraction of sp³-hybridized carbons (Fsp3) is 0.0952. The molecule has 0 saturated heterocycles. The van der Waals surface area contributed by atoms with Crippen molar-refractivity contribution in [1.82, 2.24) is 0 Å². The van der Waals surface area contributed by atoms with Gasteiger partial charge in [-0.25, -0.2) is 0 Å². The number of para-hydroxylation sites is 1. The molecule has 0 amide bonds. The number of benzene rings is 3. The van der Waals surface area contributed by atoms with Gasteiger partial charge in [-0.1, -0.05) is 48.0 Å². The highest BCUT2D eigenvalue weighted by molar-refractivity contribution is 6.31. The third-order valence-electron chi connectivity index (χ3n) is 3.71. The van der Waals surface area contributed by atoms with Crippen LogP contribution in [0, 0.1) is 0 Å². The molecule has 1 N–H and O–H groups in total. The number of ether oxygens (including phenoxy) is 2. The van der Waals surface area contributed by atoms with Crippen LogP contribution < -0.4 is 14.9 Å². The normalized spacial score (nSPS) is 10.7. The van der Waals surface area contributed by atoms with Gasteiger partial charge in [0.25, 0.3) is 0 Å². The molecule has 26 heavy (non-hydrogen) atoms. The van der Waals surface area contributed by atoms with Gasteiger partial charge < -0.3 is 9.47 Å². The Bertz CT molecular complexity index is 882. The maximum atomic E-state index is 6.16. The van der Waals surface area contributed by atoms with Gasteiger partial charge in [0.15, 0.2) is 11.5 Å². The van der Waals surface area contributed by atoms with Crippen LogP contribution in [0.15, 0.2) is 77.9 Å². The molecule has 4 nitrogen and oxygen atoms in total. The zero-order valence-electron chi connectivity index (χ0n) is 14.4. The van der Waals surface area contributed by atoms with Crippen LogP contribution in [0.3, 0.4) is 0 Å². The zero-order chi connectivity index (χ0) is 18.2. The van der Waals surface area contributed by atoms with E-state index in [0.29, 0.717) is 23.1 Å². The summed E-state index contributed by atoms with van der Waals surface area (Å²) >= 11 is 6.16. The van der Waals surface area contributed by atoms with Crippen LogP contribution in [0.1, 0.15) is 11.1 Å². The van der Waals surface area contributed by atoms with Gasteiger partial charge in [-0.15, -0.1) is 0 Å². The predicted molar refractivity (Wildman–Crippen MR) is 106 cm³/mol. The van der Waals surface area contributed by atoms with Gasteiger partial charge in [0.05, 0.1) is 19.0 Å². The van der Waals surface area contributed by atoms with Gasteiger partial charge in [-0.3, -0.25) is 5.43 Å². The Kier molecular flexibility index (Phi) is 6.12. The van der Waals surface area contributed by atoms with Crippen LogP contribution in [0.25, 0.3) is 0 Å². The number of hydrogen-bond donors (Lipinski definition) is 1. The summed E-state index contributed by atoms with van der Waals surface area (Å²) in [5.74, 6) is 1.29. The van der Waals surface area contributed by atoms with Crippen molar-refractivity contribution in [3.05, 3.63) is 88.9 Å². The lowest BCUT2D eigenvalue weighted by Crippen LogP contribution is -1.99. The first-order chi connectivity index (χ1) is 12.8. The van der Waals surface area contributed by atoms with E-state index < -0.39 is 0 Å². The summed E-state index contributed by atoms with van der Waals surface area (Å²) in [5, 5.41) is 4.92. The van der Waals surface area contributed by atoms with Crippen molar-refractivity contribution in [2.75, 3.05) is 12.5 Å². The average molecular weight is 367 g/mol. The SMILES string of the molecule is COc1cc(/C=N\Nc2ccccc2)ccc1OCc1ccccc1Cl. The third kappa shape index (κ3) is 4.77. The fourth-order valence-corrected chi connectivity index (χ4v) is 2.54. The molecule has 0 atom stereocenters. The predicted octanol–water partition coefficient (Wildman–Crippen LogP) is 5.37. The standard InChI is InChI=1S/C21H19ClN2O2/c1-25-21-13-16(14-23-24-18-8-3-2-4-9-18)11-12-20(21)26-15-17-7-5-6-10-19(17)22/h2-14,24H,15H2,1H3/b23-14-. The number of nitrogens with zero attached hydrogens (tertiary/aromatic N) is 1. The Morgan fingerprint density at radius 3 is 2.50 bits per heavy atom. The lowest BCUT2D eigenvalue weighted by atomic mass is 10.2. The topological polar surface area (TPSA) is 42.8 Å². The molecule has 0 heterocycles. The van der Waals surface area contributed by atoms with Crippen molar-refractivity contribution >= 4 is 23.5 Å². The minimum absolute atomic E-state index is 0.374. The molecule has 0 fully saturated rings. The molecule has 3 aromatic carbocycles. The minimum atomic E-state index is 0.374. The number of halogens is 1. The van der Waals surface area contributed by atoms with E-state index >= 15 is 0 Å². The van der Waals surface area contributed by atoms with E-state index in [2.05, 4.69) is 10.5 Å². The van der Waals surface area contributed by atoms with E-state index in [-0.39, 0.29) is 0 Å². The summed E-state index contributed by atoms with van der Waals surface area (Å²) in [4.78, 5) is 0. The van der Waals surface area contributed by atoms with Crippen molar-refractivity contribution in [3.63, 3.8) is 0 Å². The highest BCUT2D eigenvalue weighted by Crippen LogP contribution is 2.29. The van der Waals surface area contributed by atoms with E-state index in [1.54, 1.807) is 13.3 Å². The van der Waals surface area contributed by atoms with E-state index in [1.165, 1.54) is 0 Å². The molecule has 0 aliphatic rings. The number of methoxy groups -OCH3 is 1. The van der Waals surface area contributed by atoms with Gasteiger partial charge >= 0.3 is 0 Å². The molecule has 0 aliphatic heterocycles. The fourth-order valence-electron chi connectivity index (χ4n) is 2.35. The Morgan fingerprint density at radius 2 is 1.73 bits per heavy atom. The smallest absolute Gasteiger partial charge is 0.161 e. The molecule has 0 aromatic heterocycles. The average Bonchev–Trinajstić information content (AvgIpc) is 2.68. The summed E-state index contributed by atoms with van der Waals surface area (Å²) in [5.41, 5.74) is 5.73. The molecule has 0 spiro atoms. The van der Waals surface area contributed by atoms with Gasteiger partial charge in [-0.2, -0.15) is 5.10 Å². The van der Waals surface area contributed by atoms with E-state index in [0.717, 1.165) is 16.8 Å². The first-order valence-electron chi connectivity index (χ1n) is 8.14. The molecule has 5 heteroatoms. The quantitative estimate of drug-likeness (QED) is 0.451. The third-order valence-corrected chi connectivity index (χ3v) is 4.08. The Balaban J connectivity index is 1.66. The molecule has 0 unspecified atom stereocenters. The molecular formula is C21H19ClN2O2. The summed E-state index contributed by atoms with van der Waals surface area (Å²) in [6.07, 6.45) is 1.73. The van der Waals surface area contributed by atoms with Crippen molar-refractivity contribution in [1.29, 1.82) is 0 Å². The number of nitrogens with one attached hydrogen (secondary N) is 1. The number of hydrazone groups is 1. The second kappa shape index (κ2) is 8.92. The lowest BCUT2D eigenvalue weighted by molar-refractivity contribution is 0.284. The van der Waals surface area contributed by atoms with Crippen molar-refractivity contribution in [2.24, 2.45) is 5.10 Å². The first kappa shape index (κ1) is 17.8. The van der Waals surface area contributed by atoms with Crippen molar-refractivity contribution < 1.29 is 9.47 Å². The van der Waals surface area contributed by atoms with Crippen LogP contribution in [0.4, 0.5) is 5.69 Å². The summed E-state index contributed by atoms with van der Waals surface area (Å²) in [6.45, 7) is 0.374. The highest BCUT2D eigenvalue weighted by Gasteiger charge is 2.07. The van der Waals surface area contributed by atoms with Gasteiger partial charge in [0, 0.05) is 10.6 Å². The van der Waals surface area contributed by atoms with Gasteiger partial charge in [0.1, 0.15) is 6.61 Å². The number of hydrogen-bond acceptors (Lipinski definition) is 4. The highest BCUT2D eigenvalue weighted by atomic mass is 35.5. The molecule has 3 aromatic rings. The van der Waals surface area contributed by atoms with Gasteiger partial charge in [0.2, 0.25) is 0 Å². The van der Waals surface area contributed by atoms with E-state index in [9.17, 15) is 0 Å². The monoisotopic (exact) mass is 366 g/mol. The van der Waals surface area contributed by atoms with E-state index in [1.807, 2.05) is 72.8 Å². The Morgan fingerprint density at radius 1 is 0.962 bits per heavy atom. The molecule has 0 radical (unpaired) electrons. The van der Waals surface area contributed by atoms with Gasteiger partial charge in [-0.05, 0) is 42.0 Å². The molecule has 0 bridgehead atoms. The number of anilines is 1. The molecule has 132 valence electrons. The van der Waals surface area contributed by atoms with E-state index in [4.69, 9.17) is 21.1 Å². The Labute approximate surface area is 158 Å². The van der Waals surface area contributed by atoms with Crippen molar-refractivity contribution in [2.45, 2.75) is 6.61 Å². The van der Waals surface area contributed by atoms with Crippen LogP contribution >= 0.6 is 11.6 Å². The lowest BCUT2D eigenvalue weighted by Gasteiger charge is -2.12. The van der Waals surface area contributed by atoms with Crippen LogP contribution in [-0.4, -0.2) is 13.3 Å². The first-order valence-corrected chi connectivity index (χ1v) is 8.52. The molecule has 3 rings (SSSR count). The summed E-state index contributed by atoms with van der Waals surface area (Å²) in [7, 11) is 1.61. The van der Waals surface area contributed by atoms with Crippen LogP contribution in [0.5, 0.6) is 11.5 Å². The largest absolute Gasteiger partial charge is 0.493 e. The minimum Gasteiger partial charge on any atom is -0.493 e. The summed E-state index contributed by atoms with van der Waals surface area (Å²) < 4.78 is 11.3.